The number of benzene rings is 2. The highest BCUT2D eigenvalue weighted by atomic mass is 16.5. The van der Waals surface area contributed by atoms with E-state index < -0.39 is 11.9 Å². The van der Waals surface area contributed by atoms with Crippen molar-refractivity contribution in [2.75, 3.05) is 13.7 Å². The van der Waals surface area contributed by atoms with E-state index in [1.807, 2.05) is 31.2 Å². The van der Waals surface area contributed by atoms with Gasteiger partial charge in [-0.15, -0.1) is 0 Å². The van der Waals surface area contributed by atoms with Crippen LogP contribution in [0.3, 0.4) is 0 Å². The minimum atomic E-state index is -0.532. The van der Waals surface area contributed by atoms with Crippen LogP contribution in [0.5, 0.6) is 11.5 Å². The molecule has 0 spiro atoms. The van der Waals surface area contributed by atoms with Crippen molar-refractivity contribution in [1.29, 1.82) is 0 Å². The molecule has 2 aromatic carbocycles. The molecule has 2 aromatic rings. The molecule has 0 unspecified atom stereocenters. The summed E-state index contributed by atoms with van der Waals surface area (Å²) in [5, 5.41) is 13.1. The lowest BCUT2D eigenvalue weighted by molar-refractivity contribution is -0.138. The van der Waals surface area contributed by atoms with Gasteiger partial charge >= 0.3 is 5.97 Å². The number of aromatic hydroxyl groups is 1. The van der Waals surface area contributed by atoms with Gasteiger partial charge in [0, 0.05) is 29.3 Å². The molecule has 32 heavy (non-hydrogen) atoms. The summed E-state index contributed by atoms with van der Waals surface area (Å²) >= 11 is 0. The van der Waals surface area contributed by atoms with Crippen molar-refractivity contribution >= 4 is 11.8 Å². The van der Waals surface area contributed by atoms with E-state index in [9.17, 15) is 14.7 Å². The molecule has 1 aliphatic heterocycles. The van der Waals surface area contributed by atoms with E-state index >= 15 is 0 Å². The first-order chi connectivity index (χ1) is 15.4. The van der Waals surface area contributed by atoms with Gasteiger partial charge < -0.3 is 19.9 Å². The average Bonchev–Trinajstić information content (AvgIpc) is 2.78. The zero-order valence-electron chi connectivity index (χ0n) is 18.5. The van der Waals surface area contributed by atoms with E-state index in [1.165, 1.54) is 0 Å². The lowest BCUT2D eigenvalue weighted by Gasteiger charge is -2.36. The number of ketones is 1. The summed E-state index contributed by atoms with van der Waals surface area (Å²) in [6.45, 7) is 3.84. The summed E-state index contributed by atoms with van der Waals surface area (Å²) in [5.41, 5.74) is 4.41. The number of rotatable bonds is 5. The van der Waals surface area contributed by atoms with Crippen molar-refractivity contribution in [1.82, 2.24) is 5.32 Å². The van der Waals surface area contributed by atoms with Crippen LogP contribution in [-0.2, 0) is 14.3 Å². The van der Waals surface area contributed by atoms with Crippen LogP contribution in [0.25, 0.3) is 0 Å². The molecular formula is C26H27NO5. The third-order valence-corrected chi connectivity index (χ3v) is 6.14. The normalized spacial score (nSPS) is 20.5. The first-order valence-electron chi connectivity index (χ1n) is 10.8. The number of esters is 1. The molecule has 1 aliphatic carbocycles. The molecule has 2 N–H and O–H groups in total. The van der Waals surface area contributed by atoms with Crippen LogP contribution in [-0.4, -0.2) is 30.6 Å². The number of Topliss-reactive ketones (excluding diaryl/α,β-unsaturated/α-hetero) is 1. The largest absolute Gasteiger partial charge is 0.508 e. The Labute approximate surface area is 187 Å². The van der Waals surface area contributed by atoms with Crippen molar-refractivity contribution in [2.24, 2.45) is 0 Å². The van der Waals surface area contributed by atoms with Crippen LogP contribution in [0.4, 0.5) is 0 Å². The minimum Gasteiger partial charge on any atom is -0.508 e. The Hall–Kier alpha value is -3.54. The van der Waals surface area contributed by atoms with Crippen LogP contribution in [0.1, 0.15) is 49.7 Å². The van der Waals surface area contributed by atoms with Gasteiger partial charge in [0.1, 0.15) is 11.5 Å². The zero-order valence-corrected chi connectivity index (χ0v) is 18.5. The summed E-state index contributed by atoms with van der Waals surface area (Å²) in [6, 6.07) is 14.5. The van der Waals surface area contributed by atoms with Crippen molar-refractivity contribution < 1.29 is 24.2 Å². The summed E-state index contributed by atoms with van der Waals surface area (Å²) in [6.07, 6.45) is 1.02. The Balaban J connectivity index is 1.76. The molecule has 0 radical (unpaired) electrons. The molecule has 6 heteroatoms. The molecule has 0 amide bonds. The fourth-order valence-corrected chi connectivity index (χ4v) is 4.63. The van der Waals surface area contributed by atoms with Crippen LogP contribution in [0, 0.1) is 0 Å². The highest BCUT2D eigenvalue weighted by molar-refractivity contribution is 6.04. The standard InChI is InChI=1S/C26H27NO5/c1-4-32-26(30)23-15(2)27-21-13-18(16-7-11-20(31-3)12-8-16)14-22(29)25(21)24(23)17-5-9-19(28)10-6-17/h5-12,18,24,27-28H,4,13-14H2,1-3H3/t18-,24+/m0/s1. The predicted molar refractivity (Wildman–Crippen MR) is 120 cm³/mol. The molecule has 0 bridgehead atoms. The lowest BCUT2D eigenvalue weighted by atomic mass is 9.71. The summed E-state index contributed by atoms with van der Waals surface area (Å²) in [4.78, 5) is 26.3. The second-order valence-corrected chi connectivity index (χ2v) is 8.10. The number of hydrogen-bond donors (Lipinski definition) is 2. The van der Waals surface area contributed by atoms with E-state index in [4.69, 9.17) is 9.47 Å². The molecule has 1 heterocycles. The molecule has 2 aliphatic rings. The lowest BCUT2D eigenvalue weighted by Crippen LogP contribution is -2.36. The number of carbonyl (C=O) groups is 2. The molecule has 0 fully saturated rings. The first-order valence-corrected chi connectivity index (χ1v) is 10.8. The Kier molecular flexibility index (Phi) is 6.04. The van der Waals surface area contributed by atoms with Gasteiger partial charge in [0.25, 0.3) is 0 Å². The van der Waals surface area contributed by atoms with Crippen LogP contribution >= 0.6 is 0 Å². The van der Waals surface area contributed by atoms with Crippen molar-refractivity contribution in [2.45, 2.75) is 38.5 Å². The van der Waals surface area contributed by atoms with E-state index in [0.717, 1.165) is 22.6 Å². The van der Waals surface area contributed by atoms with Gasteiger partial charge in [-0.2, -0.15) is 0 Å². The average molecular weight is 434 g/mol. The topological polar surface area (TPSA) is 84.9 Å². The number of nitrogens with one attached hydrogen (secondary N) is 1. The van der Waals surface area contributed by atoms with E-state index in [2.05, 4.69) is 5.32 Å². The number of carbonyl (C=O) groups excluding carboxylic acids is 2. The molecule has 0 saturated carbocycles. The third kappa shape index (κ3) is 4.00. The highest BCUT2D eigenvalue weighted by Crippen LogP contribution is 2.46. The summed E-state index contributed by atoms with van der Waals surface area (Å²) < 4.78 is 10.6. The second kappa shape index (κ2) is 8.91. The number of dihydropyridines is 1. The molecular weight excluding hydrogens is 406 g/mol. The maximum atomic E-state index is 13.5. The maximum absolute atomic E-state index is 13.5. The number of phenolic OH excluding ortho intramolecular Hbond substituents is 1. The SMILES string of the molecule is CCOC(=O)C1=C(C)NC2=C(C(=O)C[C@@H](c3ccc(OC)cc3)C2)[C@@H]1c1ccc(O)cc1. The molecule has 166 valence electrons. The highest BCUT2D eigenvalue weighted by Gasteiger charge is 2.41. The fourth-order valence-electron chi connectivity index (χ4n) is 4.63. The Morgan fingerprint density at radius 2 is 1.72 bits per heavy atom. The van der Waals surface area contributed by atoms with Crippen LogP contribution in [0.15, 0.2) is 71.1 Å². The van der Waals surface area contributed by atoms with Crippen LogP contribution in [0.2, 0.25) is 0 Å². The van der Waals surface area contributed by atoms with Gasteiger partial charge in [-0.05, 0) is 61.6 Å². The van der Waals surface area contributed by atoms with E-state index in [-0.39, 0.29) is 24.1 Å². The summed E-state index contributed by atoms with van der Waals surface area (Å²) in [5.74, 6) is -0.0203. The predicted octanol–water partition coefficient (Wildman–Crippen LogP) is 4.33. The molecule has 6 nitrogen and oxygen atoms in total. The quantitative estimate of drug-likeness (QED) is 0.683. The Morgan fingerprint density at radius 3 is 2.34 bits per heavy atom. The smallest absolute Gasteiger partial charge is 0.336 e. The number of phenols is 1. The Morgan fingerprint density at radius 1 is 1.06 bits per heavy atom. The second-order valence-electron chi connectivity index (χ2n) is 8.10. The number of methoxy groups -OCH3 is 1. The monoisotopic (exact) mass is 433 g/mol. The van der Waals surface area contributed by atoms with E-state index in [1.54, 1.807) is 38.3 Å². The van der Waals surface area contributed by atoms with Gasteiger partial charge in [0.2, 0.25) is 0 Å². The van der Waals surface area contributed by atoms with E-state index in [0.29, 0.717) is 29.7 Å². The maximum Gasteiger partial charge on any atom is 0.336 e. The van der Waals surface area contributed by atoms with Crippen LogP contribution < -0.4 is 10.1 Å². The number of hydrogen-bond acceptors (Lipinski definition) is 6. The first kappa shape index (κ1) is 21.7. The van der Waals surface area contributed by atoms with Crippen molar-refractivity contribution in [3.8, 4) is 11.5 Å². The minimum absolute atomic E-state index is 0.00643. The molecule has 2 atom stereocenters. The molecule has 0 saturated heterocycles. The van der Waals surface area contributed by atoms with Gasteiger partial charge in [-0.25, -0.2) is 4.79 Å². The fraction of sp³-hybridized carbons (Fsp3) is 0.308. The molecule has 0 aromatic heterocycles. The summed E-state index contributed by atoms with van der Waals surface area (Å²) in [7, 11) is 1.63. The number of allylic oxidation sites excluding steroid dienone is 3. The zero-order chi connectivity index (χ0) is 22.8. The number of ether oxygens (including phenoxy) is 2. The molecule has 4 rings (SSSR count). The Bertz CT molecular complexity index is 1100. The van der Waals surface area contributed by atoms with Gasteiger partial charge in [-0.3, -0.25) is 4.79 Å². The van der Waals surface area contributed by atoms with Gasteiger partial charge in [0.15, 0.2) is 5.78 Å². The van der Waals surface area contributed by atoms with Gasteiger partial charge in [0.05, 0.1) is 19.3 Å². The van der Waals surface area contributed by atoms with Gasteiger partial charge in [-0.1, -0.05) is 24.3 Å². The van der Waals surface area contributed by atoms with Crippen molar-refractivity contribution in [3.05, 3.63) is 82.2 Å². The third-order valence-electron chi connectivity index (χ3n) is 6.14. The van der Waals surface area contributed by atoms with Crippen molar-refractivity contribution in [3.63, 3.8) is 0 Å².